The van der Waals surface area contributed by atoms with Gasteiger partial charge < -0.3 is 21.1 Å². The van der Waals surface area contributed by atoms with Crippen molar-refractivity contribution < 1.29 is 4.74 Å². The molecule has 1 aliphatic carbocycles. The molecule has 0 radical (unpaired) electrons. The number of halogens is 1. The molecule has 28 heavy (non-hydrogen) atoms. The van der Waals surface area contributed by atoms with Crippen LogP contribution in [-0.2, 0) is 4.74 Å². The van der Waals surface area contributed by atoms with E-state index < -0.39 is 0 Å². The summed E-state index contributed by atoms with van der Waals surface area (Å²) in [6.07, 6.45) is 8.22. The Morgan fingerprint density at radius 3 is 2.75 bits per heavy atom. The van der Waals surface area contributed by atoms with Crippen LogP contribution in [0.25, 0.3) is 11.3 Å². The molecule has 4 rings (SSSR count). The van der Waals surface area contributed by atoms with Crippen molar-refractivity contribution in [3.05, 3.63) is 22.7 Å². The maximum Gasteiger partial charge on any atom is 0.183 e. The smallest absolute Gasteiger partial charge is 0.183 e. The molecule has 1 saturated heterocycles. The number of nitrogens with one attached hydrogen (secondary N) is 2. The molecule has 2 fully saturated rings. The quantitative estimate of drug-likeness (QED) is 0.641. The van der Waals surface area contributed by atoms with Crippen LogP contribution < -0.4 is 16.4 Å². The van der Waals surface area contributed by atoms with Gasteiger partial charge in [-0.3, -0.25) is 0 Å². The third kappa shape index (κ3) is 5.14. The molecule has 2 aromatic heterocycles. The van der Waals surface area contributed by atoms with Gasteiger partial charge in [0.05, 0.1) is 10.7 Å². The molecule has 0 bridgehead atoms. The van der Waals surface area contributed by atoms with Crippen LogP contribution in [0.3, 0.4) is 0 Å². The predicted octanol–water partition coefficient (Wildman–Crippen LogP) is 4.38. The zero-order chi connectivity index (χ0) is 19.3. The van der Waals surface area contributed by atoms with E-state index in [0.29, 0.717) is 23.0 Å². The highest BCUT2D eigenvalue weighted by atomic mass is 35.5. The Kier molecular flexibility index (Phi) is 6.67. The summed E-state index contributed by atoms with van der Waals surface area (Å²) >= 11 is 8.04. The summed E-state index contributed by atoms with van der Waals surface area (Å²) in [5, 5.41) is 10.6. The first-order valence-corrected chi connectivity index (χ1v) is 11.4. The third-order valence-corrected chi connectivity index (χ3v) is 6.74. The van der Waals surface area contributed by atoms with Crippen molar-refractivity contribution >= 4 is 33.9 Å². The van der Waals surface area contributed by atoms with E-state index in [9.17, 15) is 0 Å². The van der Waals surface area contributed by atoms with Gasteiger partial charge in [0.15, 0.2) is 5.13 Å². The predicted molar refractivity (Wildman–Crippen MR) is 116 cm³/mol. The summed E-state index contributed by atoms with van der Waals surface area (Å²) in [6, 6.07) is 2.77. The van der Waals surface area contributed by atoms with E-state index in [1.165, 1.54) is 0 Å². The lowest BCUT2D eigenvalue weighted by atomic mass is 9.92. The number of anilines is 2. The zero-order valence-electron chi connectivity index (χ0n) is 16.0. The van der Waals surface area contributed by atoms with E-state index >= 15 is 0 Å². The average Bonchev–Trinajstić information content (AvgIpc) is 3.19. The van der Waals surface area contributed by atoms with Crippen LogP contribution in [0.1, 0.15) is 38.5 Å². The zero-order valence-corrected chi connectivity index (χ0v) is 17.6. The largest absolute Gasteiger partial charge is 0.381 e. The first kappa shape index (κ1) is 19.9. The number of hydrogen-bond acceptors (Lipinski definition) is 7. The van der Waals surface area contributed by atoms with Gasteiger partial charge in [-0.15, -0.1) is 11.3 Å². The summed E-state index contributed by atoms with van der Waals surface area (Å²) in [5.74, 6) is 1.51. The standard InChI is InChI=1S/C20H28ClN5OS/c21-17-11-23-19(25-15-3-1-14(22)2-4-15)9-16(17)18-12-28-20(26-18)24-10-13-5-7-27-8-6-13/h9,11-15H,1-8,10,22H2,(H,23,25)(H,24,26). The second kappa shape index (κ2) is 9.39. The van der Waals surface area contributed by atoms with Gasteiger partial charge in [-0.05, 0) is 50.5 Å². The van der Waals surface area contributed by atoms with Gasteiger partial charge in [-0.1, -0.05) is 11.6 Å². The molecule has 3 heterocycles. The molecule has 2 aliphatic rings. The van der Waals surface area contributed by atoms with Crippen molar-refractivity contribution in [3.63, 3.8) is 0 Å². The second-order valence-electron chi connectivity index (χ2n) is 7.78. The van der Waals surface area contributed by atoms with Gasteiger partial charge in [0.2, 0.25) is 0 Å². The Morgan fingerprint density at radius 1 is 1.18 bits per heavy atom. The summed E-state index contributed by atoms with van der Waals surface area (Å²) in [4.78, 5) is 9.20. The van der Waals surface area contributed by atoms with E-state index in [0.717, 1.165) is 80.5 Å². The Labute approximate surface area is 175 Å². The van der Waals surface area contributed by atoms with Crippen molar-refractivity contribution in [1.29, 1.82) is 0 Å². The monoisotopic (exact) mass is 421 g/mol. The maximum absolute atomic E-state index is 6.42. The Bertz CT molecular complexity index is 772. The van der Waals surface area contributed by atoms with Crippen molar-refractivity contribution in [2.24, 2.45) is 11.7 Å². The summed E-state index contributed by atoms with van der Waals surface area (Å²) in [7, 11) is 0. The molecule has 152 valence electrons. The van der Waals surface area contributed by atoms with E-state index in [1.807, 2.05) is 6.07 Å². The minimum absolute atomic E-state index is 0.342. The molecule has 0 unspecified atom stereocenters. The fraction of sp³-hybridized carbons (Fsp3) is 0.600. The van der Waals surface area contributed by atoms with Gasteiger partial charge in [-0.2, -0.15) is 0 Å². The number of nitrogens with zero attached hydrogens (tertiary/aromatic N) is 2. The van der Waals surface area contributed by atoms with Crippen molar-refractivity contribution in [1.82, 2.24) is 9.97 Å². The van der Waals surface area contributed by atoms with Crippen molar-refractivity contribution in [3.8, 4) is 11.3 Å². The molecule has 0 aromatic carbocycles. The Morgan fingerprint density at radius 2 is 1.96 bits per heavy atom. The molecule has 1 saturated carbocycles. The fourth-order valence-electron chi connectivity index (χ4n) is 3.85. The van der Waals surface area contributed by atoms with E-state index in [2.05, 4.69) is 21.0 Å². The molecule has 0 atom stereocenters. The van der Waals surface area contributed by atoms with Crippen LogP contribution in [-0.4, -0.2) is 41.8 Å². The molecule has 1 aliphatic heterocycles. The SMILES string of the molecule is NC1CCC(Nc2cc(-c3csc(NCC4CCOCC4)n3)c(Cl)cn2)CC1. The number of thiazole rings is 1. The summed E-state index contributed by atoms with van der Waals surface area (Å²) in [5.41, 5.74) is 7.81. The lowest BCUT2D eigenvalue weighted by Gasteiger charge is -2.27. The van der Waals surface area contributed by atoms with Gasteiger partial charge in [0.25, 0.3) is 0 Å². The molecular formula is C20H28ClN5OS. The van der Waals surface area contributed by atoms with Gasteiger partial charge in [0, 0.05) is 49.0 Å². The Hall–Kier alpha value is -1.41. The number of nitrogens with two attached hydrogens (primary N) is 1. The molecule has 2 aromatic rings. The molecule has 0 spiro atoms. The number of rotatable bonds is 6. The fourth-order valence-corrected chi connectivity index (χ4v) is 4.77. The summed E-state index contributed by atoms with van der Waals surface area (Å²) < 4.78 is 5.42. The van der Waals surface area contributed by atoms with E-state index in [4.69, 9.17) is 27.1 Å². The van der Waals surface area contributed by atoms with Gasteiger partial charge >= 0.3 is 0 Å². The molecule has 8 heteroatoms. The minimum Gasteiger partial charge on any atom is -0.381 e. The minimum atomic E-state index is 0.342. The number of pyridine rings is 1. The van der Waals surface area contributed by atoms with E-state index in [-0.39, 0.29) is 0 Å². The van der Waals surface area contributed by atoms with Gasteiger partial charge in [-0.25, -0.2) is 9.97 Å². The molecular weight excluding hydrogens is 394 g/mol. The number of ether oxygens (including phenoxy) is 1. The third-order valence-electron chi connectivity index (χ3n) is 5.64. The van der Waals surface area contributed by atoms with Crippen LogP contribution in [0.15, 0.2) is 17.6 Å². The number of hydrogen-bond donors (Lipinski definition) is 3. The van der Waals surface area contributed by atoms with Crippen LogP contribution in [0.4, 0.5) is 10.9 Å². The average molecular weight is 422 g/mol. The van der Waals surface area contributed by atoms with Crippen molar-refractivity contribution in [2.75, 3.05) is 30.4 Å². The normalized spacial score (nSPS) is 23.5. The molecule has 6 nitrogen and oxygen atoms in total. The van der Waals surface area contributed by atoms with Crippen LogP contribution >= 0.6 is 22.9 Å². The number of aromatic nitrogens is 2. The van der Waals surface area contributed by atoms with Crippen molar-refractivity contribution in [2.45, 2.75) is 50.6 Å². The second-order valence-corrected chi connectivity index (χ2v) is 9.05. The van der Waals surface area contributed by atoms with Crippen LogP contribution in [0, 0.1) is 5.92 Å². The summed E-state index contributed by atoms with van der Waals surface area (Å²) in [6.45, 7) is 2.67. The highest BCUT2D eigenvalue weighted by molar-refractivity contribution is 7.14. The first-order valence-electron chi connectivity index (χ1n) is 10.1. The van der Waals surface area contributed by atoms with Crippen LogP contribution in [0.2, 0.25) is 5.02 Å². The molecule has 0 amide bonds. The molecule has 4 N–H and O–H groups in total. The Balaban J connectivity index is 1.40. The highest BCUT2D eigenvalue weighted by Gasteiger charge is 2.19. The van der Waals surface area contributed by atoms with E-state index in [1.54, 1.807) is 17.5 Å². The highest BCUT2D eigenvalue weighted by Crippen LogP contribution is 2.32. The lowest BCUT2D eigenvalue weighted by Crippen LogP contribution is -2.33. The first-order chi connectivity index (χ1) is 13.7. The topological polar surface area (TPSA) is 85.1 Å². The maximum atomic E-state index is 6.42. The van der Waals surface area contributed by atoms with Gasteiger partial charge in [0.1, 0.15) is 5.82 Å². The lowest BCUT2D eigenvalue weighted by molar-refractivity contribution is 0.0699. The van der Waals surface area contributed by atoms with Crippen LogP contribution in [0.5, 0.6) is 0 Å².